The highest BCUT2D eigenvalue weighted by Crippen LogP contribution is 2.15. The monoisotopic (exact) mass is 447 g/mol. The summed E-state index contributed by atoms with van der Waals surface area (Å²) in [6.45, 7) is 1.92. The van der Waals surface area contributed by atoms with E-state index in [1.807, 2.05) is 6.92 Å². The molecule has 0 saturated carbocycles. The molecule has 0 aliphatic rings. The summed E-state index contributed by atoms with van der Waals surface area (Å²) in [4.78, 5) is 47.2. The third-order valence-corrected chi connectivity index (χ3v) is 4.04. The summed E-state index contributed by atoms with van der Waals surface area (Å²) in [5, 5.41) is 3.06. The average Bonchev–Trinajstić information content (AvgIpc) is 2.76. The predicted octanol–water partition coefficient (Wildman–Crippen LogP) is 2.46. The molecule has 2 aromatic rings. The van der Waals surface area contributed by atoms with E-state index in [1.54, 1.807) is 36.4 Å². The lowest BCUT2D eigenvalue weighted by molar-refractivity contribution is -0.148. The lowest BCUT2D eigenvalue weighted by Gasteiger charge is -2.09. The molecule has 2 rings (SSSR count). The second-order valence-electron chi connectivity index (χ2n) is 6.18. The molecule has 0 bridgehead atoms. The molecule has 0 saturated heterocycles. The molecular formula is C21H22ClN3O6. The number of halogens is 1. The maximum Gasteiger partial charge on any atom is 0.306 e. The molecular weight excluding hydrogens is 426 g/mol. The van der Waals surface area contributed by atoms with Crippen LogP contribution in [0.3, 0.4) is 0 Å². The van der Waals surface area contributed by atoms with Crippen molar-refractivity contribution < 1.29 is 28.7 Å². The summed E-state index contributed by atoms with van der Waals surface area (Å²) in [7, 11) is 0. The van der Waals surface area contributed by atoms with Crippen molar-refractivity contribution in [1.29, 1.82) is 0 Å². The van der Waals surface area contributed by atoms with E-state index in [2.05, 4.69) is 16.2 Å². The normalized spacial score (nSPS) is 10.0. The van der Waals surface area contributed by atoms with E-state index in [-0.39, 0.29) is 12.8 Å². The third kappa shape index (κ3) is 8.75. The van der Waals surface area contributed by atoms with Gasteiger partial charge in [0.2, 0.25) is 5.91 Å². The summed E-state index contributed by atoms with van der Waals surface area (Å²) < 4.78 is 10.1. The van der Waals surface area contributed by atoms with Gasteiger partial charge >= 0.3 is 5.97 Å². The van der Waals surface area contributed by atoms with Crippen LogP contribution in [-0.4, -0.2) is 36.9 Å². The van der Waals surface area contributed by atoms with E-state index < -0.39 is 30.3 Å². The van der Waals surface area contributed by atoms with Gasteiger partial charge < -0.3 is 14.8 Å². The molecule has 164 valence electrons. The summed E-state index contributed by atoms with van der Waals surface area (Å²) in [6.07, 6.45) is -0.473. The summed E-state index contributed by atoms with van der Waals surface area (Å²) in [5.74, 6) is -1.68. The first-order valence-corrected chi connectivity index (χ1v) is 9.78. The van der Waals surface area contributed by atoms with Crippen LogP contribution in [0.2, 0.25) is 5.02 Å². The molecule has 9 nitrogen and oxygen atoms in total. The van der Waals surface area contributed by atoms with Crippen molar-refractivity contribution in [1.82, 2.24) is 10.9 Å². The Balaban J connectivity index is 1.63. The number of rotatable bonds is 9. The molecule has 10 heteroatoms. The second-order valence-corrected chi connectivity index (χ2v) is 6.61. The molecule has 3 amide bonds. The zero-order valence-electron chi connectivity index (χ0n) is 16.8. The number of benzene rings is 2. The Morgan fingerprint density at radius 1 is 0.871 bits per heavy atom. The lowest BCUT2D eigenvalue weighted by atomic mass is 10.2. The van der Waals surface area contributed by atoms with Crippen molar-refractivity contribution in [3.05, 3.63) is 59.1 Å². The zero-order valence-corrected chi connectivity index (χ0v) is 17.5. The van der Waals surface area contributed by atoms with Crippen molar-refractivity contribution in [2.24, 2.45) is 0 Å². The molecule has 0 aromatic heterocycles. The minimum atomic E-state index is -0.721. The Morgan fingerprint density at radius 3 is 2.19 bits per heavy atom. The van der Waals surface area contributed by atoms with Crippen LogP contribution >= 0.6 is 11.6 Å². The van der Waals surface area contributed by atoms with Gasteiger partial charge in [-0.05, 0) is 55.5 Å². The van der Waals surface area contributed by atoms with Gasteiger partial charge in [0, 0.05) is 22.7 Å². The van der Waals surface area contributed by atoms with Gasteiger partial charge in [-0.2, -0.15) is 0 Å². The molecule has 0 aliphatic heterocycles. The molecule has 0 fully saturated rings. The fourth-order valence-electron chi connectivity index (χ4n) is 2.29. The molecule has 0 heterocycles. The van der Waals surface area contributed by atoms with Crippen LogP contribution in [0.4, 0.5) is 5.69 Å². The summed E-state index contributed by atoms with van der Waals surface area (Å²) >= 11 is 5.74. The van der Waals surface area contributed by atoms with Gasteiger partial charge in [-0.15, -0.1) is 0 Å². The Hall–Kier alpha value is -3.59. The lowest BCUT2D eigenvalue weighted by Crippen LogP contribution is -2.41. The number of esters is 1. The maximum absolute atomic E-state index is 11.9. The Bertz CT molecular complexity index is 916. The second kappa shape index (κ2) is 12.2. The van der Waals surface area contributed by atoms with Crippen LogP contribution in [0, 0.1) is 0 Å². The first kappa shape index (κ1) is 23.7. The number of amides is 3. The minimum Gasteiger partial charge on any atom is -0.494 e. The van der Waals surface area contributed by atoms with Crippen molar-refractivity contribution in [3.8, 4) is 5.75 Å². The SMILES string of the molecule is CCOc1ccc(NC(=O)COC(=O)CCC(=O)NNC(=O)c2ccc(Cl)cc2)cc1. The molecule has 0 radical (unpaired) electrons. The fourth-order valence-corrected chi connectivity index (χ4v) is 2.42. The van der Waals surface area contributed by atoms with Gasteiger partial charge in [-0.3, -0.25) is 30.0 Å². The smallest absolute Gasteiger partial charge is 0.306 e. The van der Waals surface area contributed by atoms with Crippen LogP contribution < -0.4 is 20.9 Å². The van der Waals surface area contributed by atoms with Crippen LogP contribution in [-0.2, 0) is 19.1 Å². The van der Waals surface area contributed by atoms with E-state index in [9.17, 15) is 19.2 Å². The molecule has 0 unspecified atom stereocenters. The van der Waals surface area contributed by atoms with Gasteiger partial charge in [0.25, 0.3) is 11.8 Å². The molecule has 3 N–H and O–H groups in total. The quantitative estimate of drug-likeness (QED) is 0.401. The molecule has 0 atom stereocenters. The van der Waals surface area contributed by atoms with E-state index in [1.165, 1.54) is 12.1 Å². The number of carbonyl (C=O) groups is 4. The number of hydrogen-bond donors (Lipinski definition) is 3. The van der Waals surface area contributed by atoms with E-state index in [0.717, 1.165) is 0 Å². The number of carbonyl (C=O) groups excluding carboxylic acids is 4. The number of hydrogen-bond acceptors (Lipinski definition) is 6. The third-order valence-electron chi connectivity index (χ3n) is 3.79. The van der Waals surface area contributed by atoms with Crippen molar-refractivity contribution in [3.63, 3.8) is 0 Å². The highest BCUT2D eigenvalue weighted by molar-refractivity contribution is 6.30. The first-order valence-electron chi connectivity index (χ1n) is 9.40. The zero-order chi connectivity index (χ0) is 22.6. The van der Waals surface area contributed by atoms with Gasteiger partial charge in [-0.25, -0.2) is 0 Å². The van der Waals surface area contributed by atoms with Crippen molar-refractivity contribution >= 4 is 41.0 Å². The molecule has 31 heavy (non-hydrogen) atoms. The predicted molar refractivity (Wildman–Crippen MR) is 113 cm³/mol. The summed E-state index contributed by atoms with van der Waals surface area (Å²) in [6, 6.07) is 12.8. The highest BCUT2D eigenvalue weighted by atomic mass is 35.5. The Morgan fingerprint density at radius 2 is 1.55 bits per heavy atom. The Labute approximate surface area is 184 Å². The molecule has 0 aliphatic carbocycles. The Kier molecular flexibility index (Phi) is 9.31. The molecule has 2 aromatic carbocycles. The largest absolute Gasteiger partial charge is 0.494 e. The number of nitrogens with one attached hydrogen (secondary N) is 3. The summed E-state index contributed by atoms with van der Waals surface area (Å²) in [5.41, 5.74) is 5.25. The first-order chi connectivity index (χ1) is 14.9. The van der Waals surface area contributed by atoms with Gasteiger partial charge in [0.05, 0.1) is 13.0 Å². The number of hydrazine groups is 1. The van der Waals surface area contributed by atoms with Gasteiger partial charge in [0.1, 0.15) is 5.75 Å². The van der Waals surface area contributed by atoms with E-state index in [0.29, 0.717) is 28.6 Å². The molecule has 0 spiro atoms. The number of anilines is 1. The minimum absolute atomic E-state index is 0.222. The topological polar surface area (TPSA) is 123 Å². The average molecular weight is 448 g/mol. The van der Waals surface area contributed by atoms with Crippen molar-refractivity contribution in [2.45, 2.75) is 19.8 Å². The standard InChI is InChI=1S/C21H22ClN3O6/c1-2-30-17-9-7-16(8-10-17)23-19(27)13-31-20(28)12-11-18(26)24-25-21(29)14-3-5-15(22)6-4-14/h3-10H,2,11-13H2,1H3,(H,23,27)(H,24,26)(H,25,29). The number of ether oxygens (including phenoxy) is 2. The maximum atomic E-state index is 11.9. The van der Waals surface area contributed by atoms with Crippen molar-refractivity contribution in [2.75, 3.05) is 18.5 Å². The van der Waals surface area contributed by atoms with Crippen LogP contribution in [0.1, 0.15) is 30.1 Å². The van der Waals surface area contributed by atoms with Gasteiger partial charge in [0.15, 0.2) is 6.61 Å². The van der Waals surface area contributed by atoms with E-state index >= 15 is 0 Å². The van der Waals surface area contributed by atoms with Crippen LogP contribution in [0.5, 0.6) is 5.75 Å². The highest BCUT2D eigenvalue weighted by Gasteiger charge is 2.12. The van der Waals surface area contributed by atoms with Gasteiger partial charge in [-0.1, -0.05) is 11.6 Å². The van der Waals surface area contributed by atoms with Crippen LogP contribution in [0.25, 0.3) is 0 Å². The fraction of sp³-hybridized carbons (Fsp3) is 0.238. The van der Waals surface area contributed by atoms with E-state index in [4.69, 9.17) is 21.1 Å². The van der Waals surface area contributed by atoms with Crippen LogP contribution in [0.15, 0.2) is 48.5 Å².